The number of nitrogens with zero attached hydrogens (tertiary/aromatic N) is 1. The molecule has 0 radical (unpaired) electrons. The molecule has 2 N–H and O–H groups in total. The molecule has 24 heavy (non-hydrogen) atoms. The number of benzene rings is 2. The van der Waals surface area contributed by atoms with Gasteiger partial charge in [0.1, 0.15) is 12.4 Å². The number of ether oxygens (including phenoxy) is 2. The lowest BCUT2D eigenvalue weighted by molar-refractivity contribution is 0.146. The molecule has 1 aliphatic heterocycles. The molecule has 1 aliphatic rings. The van der Waals surface area contributed by atoms with Gasteiger partial charge >= 0.3 is 0 Å². The fraction of sp³-hybridized carbons (Fsp3) is 0.294. The van der Waals surface area contributed by atoms with Crippen LogP contribution in [0.15, 0.2) is 47.4 Å². The molecule has 0 atom stereocenters. The first-order valence-electron chi connectivity index (χ1n) is 7.66. The van der Waals surface area contributed by atoms with Crippen molar-refractivity contribution in [3.05, 3.63) is 48.0 Å². The summed E-state index contributed by atoms with van der Waals surface area (Å²) in [6, 6.07) is 11.9. The summed E-state index contributed by atoms with van der Waals surface area (Å²) in [5.74, 6) is 0.604. The minimum Gasteiger partial charge on any atom is -0.491 e. The zero-order valence-corrected chi connectivity index (χ0v) is 14.3. The van der Waals surface area contributed by atoms with Gasteiger partial charge in [0.05, 0.1) is 22.9 Å². The average molecular weight is 348 g/mol. The van der Waals surface area contributed by atoms with Gasteiger partial charge in [0.25, 0.3) is 10.0 Å². The molecule has 2 aromatic carbocycles. The zero-order chi connectivity index (χ0) is 17.2. The molecule has 3 rings (SSSR count). The van der Waals surface area contributed by atoms with E-state index in [2.05, 4.69) is 0 Å². The van der Waals surface area contributed by atoms with E-state index in [1.165, 1.54) is 4.31 Å². The number of para-hydroxylation sites is 1. The molecule has 0 saturated heterocycles. The molecule has 6 nitrogen and oxygen atoms in total. The van der Waals surface area contributed by atoms with Gasteiger partial charge in [-0.3, -0.25) is 4.31 Å². The van der Waals surface area contributed by atoms with Gasteiger partial charge in [-0.15, -0.1) is 0 Å². The van der Waals surface area contributed by atoms with Gasteiger partial charge in [-0.25, -0.2) is 8.42 Å². The molecule has 0 aromatic heterocycles. The third kappa shape index (κ3) is 3.05. The number of rotatable bonds is 6. The maximum atomic E-state index is 12.9. The lowest BCUT2D eigenvalue weighted by atomic mass is 10.1. The smallest absolute Gasteiger partial charge is 0.264 e. The van der Waals surface area contributed by atoms with Crippen molar-refractivity contribution in [1.82, 2.24) is 0 Å². The summed E-state index contributed by atoms with van der Waals surface area (Å²) in [4.78, 5) is 0.220. The minimum absolute atomic E-state index is 0.220. The Balaban J connectivity index is 1.85. The molecule has 128 valence electrons. The fourth-order valence-corrected chi connectivity index (χ4v) is 4.30. The normalized spacial score (nSPS) is 13.8. The van der Waals surface area contributed by atoms with Crippen LogP contribution in [-0.2, 0) is 21.2 Å². The van der Waals surface area contributed by atoms with Crippen LogP contribution in [0, 0.1) is 0 Å². The van der Waals surface area contributed by atoms with Crippen LogP contribution in [0.4, 0.5) is 11.4 Å². The number of nitrogen functional groups attached to an aromatic ring is 1. The summed E-state index contributed by atoms with van der Waals surface area (Å²) in [5, 5.41) is 0. The van der Waals surface area contributed by atoms with Crippen LogP contribution in [0.1, 0.15) is 5.56 Å². The first kappa shape index (κ1) is 16.6. The number of hydrogen-bond donors (Lipinski definition) is 1. The highest BCUT2D eigenvalue weighted by molar-refractivity contribution is 7.92. The molecule has 7 heteroatoms. The number of anilines is 2. The Labute approximate surface area is 141 Å². The number of sulfonamides is 1. The predicted molar refractivity (Wildman–Crippen MR) is 92.9 cm³/mol. The van der Waals surface area contributed by atoms with Crippen molar-refractivity contribution in [2.75, 3.05) is 36.9 Å². The summed E-state index contributed by atoms with van der Waals surface area (Å²) in [5.41, 5.74) is 8.02. The van der Waals surface area contributed by atoms with Crippen LogP contribution in [0.5, 0.6) is 5.75 Å². The molecular formula is C17H20N2O4S. The quantitative estimate of drug-likeness (QED) is 0.638. The van der Waals surface area contributed by atoms with Crippen molar-refractivity contribution in [2.24, 2.45) is 0 Å². The van der Waals surface area contributed by atoms with Crippen LogP contribution in [0.2, 0.25) is 0 Å². The Bertz CT molecular complexity index is 819. The van der Waals surface area contributed by atoms with E-state index in [1.54, 1.807) is 37.4 Å². The maximum absolute atomic E-state index is 12.9. The van der Waals surface area contributed by atoms with Crippen LogP contribution in [0.25, 0.3) is 0 Å². The van der Waals surface area contributed by atoms with Crippen molar-refractivity contribution in [1.29, 1.82) is 0 Å². The van der Waals surface area contributed by atoms with Gasteiger partial charge < -0.3 is 15.2 Å². The molecule has 0 bridgehead atoms. The first-order chi connectivity index (χ1) is 11.5. The summed E-state index contributed by atoms with van der Waals surface area (Å²) >= 11 is 0. The Hall–Kier alpha value is -2.25. The van der Waals surface area contributed by atoms with Crippen LogP contribution >= 0.6 is 0 Å². The number of nitrogens with two attached hydrogens (primary N) is 1. The van der Waals surface area contributed by atoms with Gasteiger partial charge in [0.15, 0.2) is 0 Å². The number of hydrogen-bond acceptors (Lipinski definition) is 5. The molecule has 0 amide bonds. The summed E-state index contributed by atoms with van der Waals surface area (Å²) in [6.45, 7) is 1.29. The maximum Gasteiger partial charge on any atom is 0.264 e. The molecule has 0 unspecified atom stereocenters. The standard InChI is InChI=1S/C17H20N2O4S/c1-22-11-12-23-14-5-7-15(8-6-14)24(20,21)19-10-9-13-3-2-4-16(18)17(13)19/h2-8H,9-12,18H2,1H3. The van der Waals surface area contributed by atoms with E-state index in [-0.39, 0.29) is 4.90 Å². The van der Waals surface area contributed by atoms with E-state index >= 15 is 0 Å². The van der Waals surface area contributed by atoms with Crippen LogP contribution in [0.3, 0.4) is 0 Å². The van der Waals surface area contributed by atoms with Crippen molar-refractivity contribution in [3.8, 4) is 5.75 Å². The van der Waals surface area contributed by atoms with E-state index < -0.39 is 10.0 Å². The lowest BCUT2D eigenvalue weighted by Gasteiger charge is -2.21. The zero-order valence-electron chi connectivity index (χ0n) is 13.4. The molecular weight excluding hydrogens is 328 g/mol. The second-order valence-corrected chi connectivity index (χ2v) is 7.36. The Morgan fingerprint density at radius 3 is 2.58 bits per heavy atom. The van der Waals surface area contributed by atoms with E-state index in [4.69, 9.17) is 15.2 Å². The highest BCUT2D eigenvalue weighted by atomic mass is 32.2. The fourth-order valence-electron chi connectivity index (χ4n) is 2.77. The van der Waals surface area contributed by atoms with Crippen LogP contribution in [-0.4, -0.2) is 35.3 Å². The van der Waals surface area contributed by atoms with Crippen LogP contribution < -0.4 is 14.8 Å². The highest BCUT2D eigenvalue weighted by Crippen LogP contribution is 2.37. The molecule has 2 aromatic rings. The molecule has 0 spiro atoms. The third-order valence-corrected chi connectivity index (χ3v) is 5.77. The van der Waals surface area contributed by atoms with E-state index in [9.17, 15) is 8.42 Å². The summed E-state index contributed by atoms with van der Waals surface area (Å²) in [6.07, 6.45) is 0.664. The molecule has 0 aliphatic carbocycles. The Morgan fingerprint density at radius 2 is 1.88 bits per heavy atom. The van der Waals surface area contributed by atoms with Crippen molar-refractivity contribution >= 4 is 21.4 Å². The van der Waals surface area contributed by atoms with Gasteiger partial charge in [-0.1, -0.05) is 12.1 Å². The average Bonchev–Trinajstić information content (AvgIpc) is 3.02. The summed E-state index contributed by atoms with van der Waals surface area (Å²) < 4.78 is 37.6. The minimum atomic E-state index is -3.64. The van der Waals surface area contributed by atoms with E-state index in [1.807, 2.05) is 12.1 Å². The monoisotopic (exact) mass is 348 g/mol. The SMILES string of the molecule is COCCOc1ccc(S(=O)(=O)N2CCc3cccc(N)c32)cc1. The van der Waals surface area contributed by atoms with E-state index in [0.29, 0.717) is 43.3 Å². The highest BCUT2D eigenvalue weighted by Gasteiger charge is 2.32. The van der Waals surface area contributed by atoms with Crippen molar-refractivity contribution in [2.45, 2.75) is 11.3 Å². The molecule has 1 heterocycles. The second kappa shape index (κ2) is 6.70. The lowest BCUT2D eigenvalue weighted by Crippen LogP contribution is -2.29. The Kier molecular flexibility index (Phi) is 4.64. The number of fused-ring (bicyclic) bond motifs is 1. The van der Waals surface area contributed by atoms with Crippen molar-refractivity contribution < 1.29 is 17.9 Å². The van der Waals surface area contributed by atoms with E-state index in [0.717, 1.165) is 5.56 Å². The van der Waals surface area contributed by atoms with Gasteiger partial charge in [0, 0.05) is 13.7 Å². The van der Waals surface area contributed by atoms with Gasteiger partial charge in [-0.2, -0.15) is 0 Å². The predicted octanol–water partition coefficient (Wildman–Crippen LogP) is 2.05. The first-order valence-corrected chi connectivity index (χ1v) is 9.10. The van der Waals surface area contributed by atoms with Gasteiger partial charge in [0.2, 0.25) is 0 Å². The topological polar surface area (TPSA) is 81.9 Å². The third-order valence-electron chi connectivity index (χ3n) is 3.95. The largest absolute Gasteiger partial charge is 0.491 e. The second-order valence-electron chi connectivity index (χ2n) is 5.49. The Morgan fingerprint density at radius 1 is 1.12 bits per heavy atom. The molecule has 0 saturated carbocycles. The summed E-state index contributed by atoms with van der Waals surface area (Å²) in [7, 11) is -2.05. The molecule has 0 fully saturated rings. The number of methoxy groups -OCH3 is 1. The van der Waals surface area contributed by atoms with Crippen molar-refractivity contribution in [3.63, 3.8) is 0 Å². The van der Waals surface area contributed by atoms with Gasteiger partial charge in [-0.05, 0) is 42.3 Å².